The molecule has 0 aliphatic heterocycles. The zero-order chi connectivity index (χ0) is 22.0. The number of nitrogens with zero attached hydrogens (tertiary/aromatic N) is 6. The average molecular weight is 441 g/mol. The molecule has 0 saturated carbocycles. The zero-order valence-corrected chi connectivity index (χ0v) is 18.1. The Hall–Kier alpha value is -3.46. The van der Waals surface area contributed by atoms with Gasteiger partial charge in [0.25, 0.3) is 5.95 Å². The second-order valence-electron chi connectivity index (χ2n) is 6.73. The molecule has 0 saturated heterocycles. The Morgan fingerprint density at radius 1 is 1.19 bits per heavy atom. The van der Waals surface area contributed by atoms with E-state index in [0.29, 0.717) is 27.5 Å². The molecule has 1 atom stereocenters. The fraction of sp³-hybridized carbons (Fsp3) is 0.286. The zero-order valence-electron chi connectivity index (χ0n) is 17.3. The molecule has 160 valence electrons. The van der Waals surface area contributed by atoms with E-state index in [1.165, 1.54) is 24.2 Å². The van der Waals surface area contributed by atoms with E-state index in [9.17, 15) is 4.79 Å². The first-order valence-corrected chi connectivity index (χ1v) is 10.2. The molecule has 0 fully saturated rings. The molecule has 0 unspecified atom stereocenters. The highest BCUT2D eigenvalue weighted by Gasteiger charge is 2.22. The maximum atomic E-state index is 11.9. The van der Waals surface area contributed by atoms with Crippen LogP contribution in [0.25, 0.3) is 17.0 Å². The lowest BCUT2D eigenvalue weighted by atomic mass is 10.0. The first-order chi connectivity index (χ1) is 15.0. The van der Waals surface area contributed by atoms with Crippen LogP contribution in [-0.4, -0.2) is 49.2 Å². The predicted octanol–water partition coefficient (Wildman–Crippen LogP) is 3.85. The minimum Gasteiger partial charge on any atom is -0.479 e. The molecule has 0 aliphatic rings. The van der Waals surface area contributed by atoms with E-state index in [2.05, 4.69) is 27.1 Å². The maximum absolute atomic E-state index is 11.9. The fourth-order valence-corrected chi connectivity index (χ4v) is 3.61. The van der Waals surface area contributed by atoms with Gasteiger partial charge in [-0.3, -0.25) is 4.68 Å². The number of rotatable bonds is 7. The van der Waals surface area contributed by atoms with Gasteiger partial charge in [-0.25, -0.2) is 14.5 Å². The van der Waals surface area contributed by atoms with Crippen LogP contribution in [-0.2, 0) is 4.74 Å². The van der Waals surface area contributed by atoms with Gasteiger partial charge in [0.15, 0.2) is 0 Å². The summed E-state index contributed by atoms with van der Waals surface area (Å²) in [6, 6.07) is 7.61. The number of halogens is 1. The molecular weight excluding hydrogens is 420 g/mol. The number of aromatic nitrogens is 6. The van der Waals surface area contributed by atoms with Crippen molar-refractivity contribution in [1.29, 1.82) is 0 Å². The number of methoxy groups -OCH3 is 1. The number of carbonyl (C=O) groups excluding carboxylic acids is 1. The number of fused-ring (bicyclic) bond motifs is 1. The van der Waals surface area contributed by atoms with Gasteiger partial charge in [-0.2, -0.15) is 15.2 Å². The van der Waals surface area contributed by atoms with E-state index >= 15 is 0 Å². The van der Waals surface area contributed by atoms with Crippen molar-refractivity contribution >= 4 is 28.6 Å². The van der Waals surface area contributed by atoms with Crippen molar-refractivity contribution in [2.45, 2.75) is 26.3 Å². The monoisotopic (exact) mass is 440 g/mol. The van der Waals surface area contributed by atoms with E-state index in [1.807, 2.05) is 28.9 Å². The maximum Gasteiger partial charge on any atom is 0.341 e. The highest BCUT2D eigenvalue weighted by molar-refractivity contribution is 6.30. The molecule has 0 bridgehead atoms. The third kappa shape index (κ3) is 3.96. The topological polar surface area (TPSA) is 97.0 Å². The first kappa shape index (κ1) is 20.8. The average Bonchev–Trinajstić information content (AvgIpc) is 3.42. The molecule has 0 radical (unpaired) electrons. The Bertz CT molecular complexity index is 1240. The van der Waals surface area contributed by atoms with Gasteiger partial charge in [-0.05, 0) is 31.0 Å². The van der Waals surface area contributed by atoms with Crippen molar-refractivity contribution in [1.82, 2.24) is 29.5 Å². The third-order valence-corrected chi connectivity index (χ3v) is 5.04. The highest BCUT2D eigenvalue weighted by Crippen LogP contribution is 2.31. The summed E-state index contributed by atoms with van der Waals surface area (Å²) < 4.78 is 13.8. The molecule has 4 aromatic rings. The summed E-state index contributed by atoms with van der Waals surface area (Å²) in [5.74, 6) is 0.156. The molecule has 31 heavy (non-hydrogen) atoms. The SMILES string of the molecule is CCOC(=O)c1cnn(-c2nc(OC)c3c(cnn3[C@@H](CC)c3cccc(Cl)c3)n2)c1. The van der Waals surface area contributed by atoms with Crippen molar-refractivity contribution in [2.24, 2.45) is 0 Å². The second kappa shape index (κ2) is 8.73. The minimum atomic E-state index is -0.457. The summed E-state index contributed by atoms with van der Waals surface area (Å²) in [5.41, 5.74) is 2.59. The largest absolute Gasteiger partial charge is 0.479 e. The molecule has 0 aliphatic carbocycles. The summed E-state index contributed by atoms with van der Waals surface area (Å²) in [7, 11) is 1.54. The van der Waals surface area contributed by atoms with Crippen molar-refractivity contribution in [3.05, 3.63) is 59.0 Å². The van der Waals surface area contributed by atoms with Gasteiger partial charge in [0, 0.05) is 11.2 Å². The molecule has 4 rings (SSSR count). The van der Waals surface area contributed by atoms with Crippen LogP contribution in [0, 0.1) is 0 Å². The summed E-state index contributed by atoms with van der Waals surface area (Å²) in [4.78, 5) is 21.0. The summed E-state index contributed by atoms with van der Waals surface area (Å²) in [6.45, 7) is 4.10. The molecule has 0 amide bonds. The van der Waals surface area contributed by atoms with Crippen molar-refractivity contribution in [3.63, 3.8) is 0 Å². The molecule has 0 spiro atoms. The van der Waals surface area contributed by atoms with Crippen LogP contribution < -0.4 is 4.74 Å². The van der Waals surface area contributed by atoms with Gasteiger partial charge in [0.2, 0.25) is 5.88 Å². The van der Waals surface area contributed by atoms with Gasteiger partial charge in [-0.15, -0.1) is 0 Å². The second-order valence-corrected chi connectivity index (χ2v) is 7.17. The van der Waals surface area contributed by atoms with Gasteiger partial charge >= 0.3 is 5.97 Å². The van der Waals surface area contributed by atoms with Crippen LogP contribution in [0.5, 0.6) is 5.88 Å². The van der Waals surface area contributed by atoms with Gasteiger partial charge in [0.05, 0.1) is 37.7 Å². The van der Waals surface area contributed by atoms with E-state index < -0.39 is 5.97 Å². The molecule has 3 aromatic heterocycles. The number of carbonyl (C=O) groups is 1. The van der Waals surface area contributed by atoms with Crippen LogP contribution in [0.4, 0.5) is 0 Å². The normalized spacial score (nSPS) is 12.1. The fourth-order valence-electron chi connectivity index (χ4n) is 3.42. The van der Waals surface area contributed by atoms with Gasteiger partial charge in [-0.1, -0.05) is 30.7 Å². The Kier molecular flexibility index (Phi) is 5.85. The quantitative estimate of drug-likeness (QED) is 0.402. The summed E-state index contributed by atoms with van der Waals surface area (Å²) >= 11 is 6.19. The minimum absolute atomic E-state index is 0.0697. The van der Waals surface area contributed by atoms with Gasteiger partial charge in [0.1, 0.15) is 11.0 Å². The Morgan fingerprint density at radius 3 is 2.74 bits per heavy atom. The van der Waals surface area contributed by atoms with Gasteiger partial charge < -0.3 is 9.47 Å². The first-order valence-electron chi connectivity index (χ1n) is 9.82. The lowest BCUT2D eigenvalue weighted by molar-refractivity contribution is 0.0526. The highest BCUT2D eigenvalue weighted by atomic mass is 35.5. The molecule has 10 heteroatoms. The van der Waals surface area contributed by atoms with E-state index in [1.54, 1.807) is 13.1 Å². The number of hydrogen-bond donors (Lipinski definition) is 0. The number of ether oxygens (including phenoxy) is 2. The molecule has 1 aromatic carbocycles. The van der Waals surface area contributed by atoms with Crippen LogP contribution >= 0.6 is 11.6 Å². The number of hydrogen-bond acceptors (Lipinski definition) is 7. The predicted molar refractivity (Wildman–Crippen MR) is 115 cm³/mol. The van der Waals surface area contributed by atoms with E-state index in [0.717, 1.165) is 12.0 Å². The third-order valence-electron chi connectivity index (χ3n) is 4.81. The van der Waals surface area contributed by atoms with Crippen molar-refractivity contribution < 1.29 is 14.3 Å². The Labute approximate surface area is 183 Å². The number of esters is 1. The van der Waals surface area contributed by atoms with Crippen molar-refractivity contribution in [3.8, 4) is 11.8 Å². The molecule has 0 N–H and O–H groups in total. The smallest absolute Gasteiger partial charge is 0.341 e. The molecule has 3 heterocycles. The summed E-state index contributed by atoms with van der Waals surface area (Å²) in [6.07, 6.45) is 5.37. The van der Waals surface area contributed by atoms with Crippen LogP contribution in [0.3, 0.4) is 0 Å². The molecular formula is C21H21ClN6O3. The Morgan fingerprint density at radius 2 is 2.03 bits per heavy atom. The van der Waals surface area contributed by atoms with Crippen LogP contribution in [0.2, 0.25) is 5.02 Å². The van der Waals surface area contributed by atoms with Crippen LogP contribution in [0.1, 0.15) is 42.2 Å². The standard InChI is InChI=1S/C21H21ClN6O3/c1-4-17(13-7-6-8-15(22)9-13)28-18-16(11-24-28)25-21(26-19(18)30-3)27-12-14(10-23-27)20(29)31-5-2/h6-12,17H,4-5H2,1-3H3/t17-/m0/s1. The summed E-state index contributed by atoms with van der Waals surface area (Å²) in [5, 5.41) is 9.40. The lowest BCUT2D eigenvalue weighted by Crippen LogP contribution is -2.13. The van der Waals surface area contributed by atoms with E-state index in [4.69, 9.17) is 21.1 Å². The molecule has 9 nitrogen and oxygen atoms in total. The number of benzene rings is 1. The van der Waals surface area contributed by atoms with Crippen LogP contribution in [0.15, 0.2) is 42.9 Å². The van der Waals surface area contributed by atoms with Crippen molar-refractivity contribution in [2.75, 3.05) is 13.7 Å². The van der Waals surface area contributed by atoms with E-state index in [-0.39, 0.29) is 18.6 Å². The lowest BCUT2D eigenvalue weighted by Gasteiger charge is -2.18. The Balaban J connectivity index is 1.78.